The van der Waals surface area contributed by atoms with E-state index < -0.39 is 0 Å². The molecule has 27 heavy (non-hydrogen) atoms. The maximum absolute atomic E-state index is 12.7. The normalized spacial score (nSPS) is 10.4. The summed E-state index contributed by atoms with van der Waals surface area (Å²) >= 11 is 1.35. The van der Waals surface area contributed by atoms with Crippen LogP contribution in [0.3, 0.4) is 0 Å². The minimum absolute atomic E-state index is 0.275. The molecule has 2 aromatic carbocycles. The summed E-state index contributed by atoms with van der Waals surface area (Å²) in [6.45, 7) is 0. The van der Waals surface area contributed by atoms with Gasteiger partial charge in [-0.3, -0.25) is 15.1 Å². The fraction of sp³-hybridized carbons (Fsp3) is 0. The van der Waals surface area contributed by atoms with Crippen molar-refractivity contribution in [1.82, 2.24) is 9.97 Å². The van der Waals surface area contributed by atoms with Crippen molar-refractivity contribution in [3.05, 3.63) is 89.9 Å². The second-order valence-electron chi connectivity index (χ2n) is 5.62. The molecule has 6 heteroatoms. The highest BCUT2D eigenvalue weighted by Crippen LogP contribution is 2.27. The largest absolute Gasteiger partial charge is 0.457 e. The minimum atomic E-state index is -0.275. The molecule has 0 aliphatic heterocycles. The third-order valence-electron chi connectivity index (χ3n) is 3.75. The second-order valence-corrected chi connectivity index (χ2v) is 6.48. The molecule has 0 atom stereocenters. The van der Waals surface area contributed by atoms with E-state index in [1.807, 2.05) is 60.0 Å². The third kappa shape index (κ3) is 4.02. The van der Waals surface area contributed by atoms with Crippen molar-refractivity contribution in [3.8, 4) is 22.9 Å². The number of pyridine rings is 1. The van der Waals surface area contributed by atoms with Gasteiger partial charge in [0.2, 0.25) is 0 Å². The molecule has 2 heterocycles. The molecule has 0 saturated heterocycles. The first-order chi connectivity index (χ1) is 13.3. The van der Waals surface area contributed by atoms with E-state index in [0.29, 0.717) is 22.2 Å². The van der Waals surface area contributed by atoms with Gasteiger partial charge in [-0.25, -0.2) is 4.98 Å². The lowest BCUT2D eigenvalue weighted by Gasteiger charge is -2.10. The highest BCUT2D eigenvalue weighted by molar-refractivity contribution is 7.14. The van der Waals surface area contributed by atoms with Crippen molar-refractivity contribution in [3.63, 3.8) is 0 Å². The molecular formula is C21H15N3O2S. The summed E-state index contributed by atoms with van der Waals surface area (Å²) in [5.41, 5.74) is 1.93. The quantitative estimate of drug-likeness (QED) is 0.519. The summed E-state index contributed by atoms with van der Waals surface area (Å²) < 4.78 is 5.86. The van der Waals surface area contributed by atoms with Gasteiger partial charge in [0.25, 0.3) is 5.91 Å². The van der Waals surface area contributed by atoms with Crippen LogP contribution in [0.2, 0.25) is 0 Å². The van der Waals surface area contributed by atoms with Crippen LogP contribution in [0.15, 0.2) is 84.4 Å². The standard InChI is InChI=1S/C21H15N3O2S/c25-20(24-21-23-18(14-27-21)17-11-6-7-13-22-17)16-10-4-5-12-19(16)26-15-8-2-1-3-9-15/h1-14H,(H,23,24,25). The molecule has 1 amide bonds. The van der Waals surface area contributed by atoms with Crippen LogP contribution >= 0.6 is 11.3 Å². The maximum atomic E-state index is 12.7. The summed E-state index contributed by atoms with van der Waals surface area (Å²) in [6, 6.07) is 22.1. The van der Waals surface area contributed by atoms with Crippen LogP contribution in [0, 0.1) is 0 Å². The number of anilines is 1. The monoisotopic (exact) mass is 373 g/mol. The van der Waals surface area contributed by atoms with Gasteiger partial charge in [0.15, 0.2) is 5.13 Å². The Hall–Kier alpha value is -3.51. The van der Waals surface area contributed by atoms with E-state index in [-0.39, 0.29) is 5.91 Å². The van der Waals surface area contributed by atoms with Crippen molar-refractivity contribution in [2.45, 2.75) is 0 Å². The molecule has 0 radical (unpaired) electrons. The number of ether oxygens (including phenoxy) is 1. The van der Waals surface area contributed by atoms with Gasteiger partial charge in [0.05, 0.1) is 11.3 Å². The lowest BCUT2D eigenvalue weighted by atomic mass is 10.2. The van der Waals surface area contributed by atoms with Crippen molar-refractivity contribution < 1.29 is 9.53 Å². The number of thiazole rings is 1. The zero-order chi connectivity index (χ0) is 18.5. The molecule has 0 saturated carbocycles. The number of para-hydroxylation sites is 2. The van der Waals surface area contributed by atoms with Crippen molar-refractivity contribution in [2.75, 3.05) is 5.32 Å². The first-order valence-corrected chi connectivity index (χ1v) is 9.18. The molecule has 0 aliphatic rings. The van der Waals surface area contributed by atoms with Gasteiger partial charge in [-0.15, -0.1) is 11.3 Å². The zero-order valence-electron chi connectivity index (χ0n) is 14.2. The fourth-order valence-corrected chi connectivity index (χ4v) is 3.19. The van der Waals surface area contributed by atoms with Gasteiger partial charge >= 0.3 is 0 Å². The molecule has 4 aromatic rings. The molecule has 2 aromatic heterocycles. The van der Waals surface area contributed by atoms with E-state index in [4.69, 9.17) is 4.74 Å². The molecule has 0 spiro atoms. The number of carbonyl (C=O) groups excluding carboxylic acids is 1. The Morgan fingerprint density at radius 1 is 0.889 bits per heavy atom. The van der Waals surface area contributed by atoms with Crippen LogP contribution < -0.4 is 10.1 Å². The number of benzene rings is 2. The van der Waals surface area contributed by atoms with Crippen LogP contribution in [0.4, 0.5) is 5.13 Å². The molecule has 132 valence electrons. The lowest BCUT2D eigenvalue weighted by molar-refractivity contribution is 0.102. The summed E-state index contributed by atoms with van der Waals surface area (Å²) in [5.74, 6) is 0.885. The van der Waals surface area contributed by atoms with E-state index in [9.17, 15) is 4.79 Å². The van der Waals surface area contributed by atoms with E-state index in [1.54, 1.807) is 24.4 Å². The lowest BCUT2D eigenvalue weighted by Crippen LogP contribution is -2.12. The van der Waals surface area contributed by atoms with Gasteiger partial charge in [-0.2, -0.15) is 0 Å². The number of rotatable bonds is 5. The van der Waals surface area contributed by atoms with E-state index in [0.717, 1.165) is 11.4 Å². The summed E-state index contributed by atoms with van der Waals surface area (Å²) in [5, 5.41) is 5.21. The van der Waals surface area contributed by atoms with Crippen LogP contribution in [-0.2, 0) is 0 Å². The second kappa shape index (κ2) is 7.80. The highest BCUT2D eigenvalue weighted by Gasteiger charge is 2.15. The number of hydrogen-bond acceptors (Lipinski definition) is 5. The molecule has 0 aliphatic carbocycles. The van der Waals surface area contributed by atoms with Gasteiger partial charge in [-0.1, -0.05) is 36.4 Å². The van der Waals surface area contributed by atoms with Crippen LogP contribution in [0.25, 0.3) is 11.4 Å². The number of amides is 1. The molecule has 5 nitrogen and oxygen atoms in total. The molecular weight excluding hydrogens is 358 g/mol. The summed E-state index contributed by atoms with van der Waals surface area (Å²) in [7, 11) is 0. The fourth-order valence-electron chi connectivity index (χ4n) is 2.49. The van der Waals surface area contributed by atoms with Crippen LogP contribution in [0.5, 0.6) is 11.5 Å². The Kier molecular flexibility index (Phi) is 4.89. The summed E-state index contributed by atoms with van der Waals surface area (Å²) in [6.07, 6.45) is 1.71. The molecule has 1 N–H and O–H groups in total. The van der Waals surface area contributed by atoms with E-state index in [1.165, 1.54) is 11.3 Å². The topological polar surface area (TPSA) is 64.1 Å². The van der Waals surface area contributed by atoms with Gasteiger partial charge in [-0.05, 0) is 36.4 Å². The highest BCUT2D eigenvalue weighted by atomic mass is 32.1. The van der Waals surface area contributed by atoms with E-state index in [2.05, 4.69) is 15.3 Å². The maximum Gasteiger partial charge on any atom is 0.261 e. The van der Waals surface area contributed by atoms with Crippen molar-refractivity contribution in [2.24, 2.45) is 0 Å². The summed E-state index contributed by atoms with van der Waals surface area (Å²) in [4.78, 5) is 21.4. The van der Waals surface area contributed by atoms with Crippen molar-refractivity contribution in [1.29, 1.82) is 0 Å². The molecule has 4 rings (SSSR count). The molecule has 0 unspecified atom stereocenters. The Bertz CT molecular complexity index is 1050. The number of hydrogen-bond donors (Lipinski definition) is 1. The Morgan fingerprint density at radius 3 is 2.48 bits per heavy atom. The number of nitrogens with zero attached hydrogens (tertiary/aromatic N) is 2. The smallest absolute Gasteiger partial charge is 0.261 e. The molecule has 0 fully saturated rings. The first-order valence-electron chi connectivity index (χ1n) is 8.30. The zero-order valence-corrected chi connectivity index (χ0v) is 15.0. The molecule has 0 bridgehead atoms. The van der Waals surface area contributed by atoms with Gasteiger partial charge in [0, 0.05) is 11.6 Å². The Labute approximate surface area is 160 Å². The van der Waals surface area contributed by atoms with Crippen molar-refractivity contribution >= 4 is 22.4 Å². The van der Waals surface area contributed by atoms with Gasteiger partial charge < -0.3 is 4.74 Å². The predicted molar refractivity (Wildman–Crippen MR) is 106 cm³/mol. The number of carbonyl (C=O) groups is 1. The predicted octanol–water partition coefficient (Wildman–Crippen LogP) is 5.25. The Morgan fingerprint density at radius 2 is 1.67 bits per heavy atom. The Balaban J connectivity index is 1.53. The van der Waals surface area contributed by atoms with Crippen LogP contribution in [-0.4, -0.2) is 15.9 Å². The first kappa shape index (κ1) is 16.9. The third-order valence-corrected chi connectivity index (χ3v) is 4.51. The number of aromatic nitrogens is 2. The van der Waals surface area contributed by atoms with E-state index >= 15 is 0 Å². The van der Waals surface area contributed by atoms with Gasteiger partial charge in [0.1, 0.15) is 17.2 Å². The average Bonchev–Trinajstić information content (AvgIpc) is 3.18. The SMILES string of the molecule is O=C(Nc1nc(-c2ccccn2)cs1)c1ccccc1Oc1ccccc1. The van der Waals surface area contributed by atoms with Crippen LogP contribution in [0.1, 0.15) is 10.4 Å². The minimum Gasteiger partial charge on any atom is -0.457 e. The number of nitrogens with one attached hydrogen (secondary N) is 1. The average molecular weight is 373 g/mol.